The van der Waals surface area contributed by atoms with E-state index in [1.807, 2.05) is 17.0 Å². The van der Waals surface area contributed by atoms with Gasteiger partial charge in [0.05, 0.1) is 19.1 Å². The molecule has 0 bridgehead atoms. The lowest BCUT2D eigenvalue weighted by molar-refractivity contribution is -0.131. The van der Waals surface area contributed by atoms with Crippen LogP contribution in [0.25, 0.3) is 0 Å². The summed E-state index contributed by atoms with van der Waals surface area (Å²) in [4.78, 5) is 18.9. The number of fused-ring (bicyclic) bond motifs is 1. The van der Waals surface area contributed by atoms with Crippen LogP contribution in [0.5, 0.6) is 5.75 Å². The van der Waals surface area contributed by atoms with E-state index in [1.165, 1.54) is 5.56 Å². The van der Waals surface area contributed by atoms with Gasteiger partial charge in [-0.2, -0.15) is 4.98 Å². The SMILES string of the molecule is Cc1nc([C@H]2CCCN2C(=O)Cc2ccc3c(c2)CCO3)no1. The van der Waals surface area contributed by atoms with Crippen LogP contribution >= 0.6 is 0 Å². The Balaban J connectivity index is 1.50. The molecular weight excluding hydrogens is 294 g/mol. The van der Waals surface area contributed by atoms with Crippen molar-refractivity contribution in [1.29, 1.82) is 0 Å². The zero-order chi connectivity index (χ0) is 15.8. The molecule has 1 atom stereocenters. The summed E-state index contributed by atoms with van der Waals surface area (Å²) in [7, 11) is 0. The number of carbonyl (C=O) groups is 1. The van der Waals surface area contributed by atoms with E-state index in [0.717, 1.165) is 43.7 Å². The van der Waals surface area contributed by atoms with Crippen molar-refractivity contribution in [2.45, 2.75) is 38.6 Å². The fourth-order valence-corrected chi connectivity index (χ4v) is 3.41. The van der Waals surface area contributed by atoms with Crippen LogP contribution in [0.4, 0.5) is 0 Å². The molecule has 2 aliphatic rings. The first-order valence-electron chi connectivity index (χ1n) is 8.05. The van der Waals surface area contributed by atoms with Crippen LogP contribution in [0.2, 0.25) is 0 Å². The molecular formula is C17H19N3O3. The number of hydrogen-bond acceptors (Lipinski definition) is 5. The van der Waals surface area contributed by atoms with Crippen molar-refractivity contribution in [2.75, 3.05) is 13.2 Å². The number of aryl methyl sites for hydroxylation is 1. The first-order chi connectivity index (χ1) is 11.2. The van der Waals surface area contributed by atoms with Crippen molar-refractivity contribution in [3.8, 4) is 5.75 Å². The zero-order valence-electron chi connectivity index (χ0n) is 13.1. The van der Waals surface area contributed by atoms with Crippen molar-refractivity contribution < 1.29 is 14.1 Å². The minimum absolute atomic E-state index is 0.0577. The number of rotatable bonds is 3. The molecule has 0 unspecified atom stereocenters. The normalized spacial score (nSPS) is 19.7. The maximum atomic E-state index is 12.7. The number of carbonyl (C=O) groups excluding carboxylic acids is 1. The van der Waals surface area contributed by atoms with Crippen LogP contribution in [-0.2, 0) is 17.6 Å². The van der Waals surface area contributed by atoms with Crippen LogP contribution in [0.1, 0.15) is 41.7 Å². The van der Waals surface area contributed by atoms with Crippen LogP contribution in [-0.4, -0.2) is 34.1 Å². The fraction of sp³-hybridized carbons (Fsp3) is 0.471. The molecule has 0 saturated carbocycles. The Morgan fingerprint density at radius 2 is 2.35 bits per heavy atom. The molecule has 120 valence electrons. The Hall–Kier alpha value is -2.37. The molecule has 6 heteroatoms. The lowest BCUT2D eigenvalue weighted by Gasteiger charge is -2.22. The van der Waals surface area contributed by atoms with E-state index in [2.05, 4.69) is 16.2 Å². The van der Waals surface area contributed by atoms with Gasteiger partial charge in [-0.1, -0.05) is 17.3 Å². The van der Waals surface area contributed by atoms with Gasteiger partial charge in [-0.25, -0.2) is 0 Å². The minimum Gasteiger partial charge on any atom is -0.493 e. The van der Waals surface area contributed by atoms with Crippen molar-refractivity contribution >= 4 is 5.91 Å². The summed E-state index contributed by atoms with van der Waals surface area (Å²) in [5, 5.41) is 3.99. The molecule has 1 aromatic heterocycles. The predicted molar refractivity (Wildman–Crippen MR) is 82.1 cm³/mol. The van der Waals surface area contributed by atoms with Gasteiger partial charge in [-0.3, -0.25) is 4.79 Å². The van der Waals surface area contributed by atoms with E-state index in [0.29, 0.717) is 18.1 Å². The van der Waals surface area contributed by atoms with Crippen molar-refractivity contribution in [2.24, 2.45) is 0 Å². The largest absolute Gasteiger partial charge is 0.493 e. The fourth-order valence-electron chi connectivity index (χ4n) is 3.41. The molecule has 1 saturated heterocycles. The predicted octanol–water partition coefficient (Wildman–Crippen LogP) is 2.22. The molecule has 0 N–H and O–H groups in total. The first-order valence-corrected chi connectivity index (χ1v) is 8.05. The number of hydrogen-bond donors (Lipinski definition) is 0. The summed E-state index contributed by atoms with van der Waals surface area (Å²) < 4.78 is 10.6. The Morgan fingerprint density at radius 3 is 3.17 bits per heavy atom. The molecule has 0 aliphatic carbocycles. The first kappa shape index (κ1) is 14.2. The number of amides is 1. The second kappa shape index (κ2) is 5.68. The number of aromatic nitrogens is 2. The Labute approximate surface area is 134 Å². The Morgan fingerprint density at radius 1 is 1.43 bits per heavy atom. The van der Waals surface area contributed by atoms with Crippen LogP contribution < -0.4 is 4.74 Å². The highest BCUT2D eigenvalue weighted by molar-refractivity contribution is 5.79. The molecule has 1 fully saturated rings. The molecule has 0 radical (unpaired) electrons. The highest BCUT2D eigenvalue weighted by Crippen LogP contribution is 2.31. The molecule has 3 heterocycles. The number of nitrogens with zero attached hydrogens (tertiary/aromatic N) is 3. The van der Waals surface area contributed by atoms with Crippen LogP contribution in [0.3, 0.4) is 0 Å². The number of ether oxygens (including phenoxy) is 1. The van der Waals surface area contributed by atoms with Gasteiger partial charge in [0.25, 0.3) is 0 Å². The highest BCUT2D eigenvalue weighted by atomic mass is 16.5. The number of benzene rings is 1. The van der Waals surface area contributed by atoms with Crippen molar-refractivity contribution in [3.63, 3.8) is 0 Å². The van der Waals surface area contributed by atoms with Crippen LogP contribution in [0.15, 0.2) is 22.7 Å². The van der Waals surface area contributed by atoms with E-state index in [4.69, 9.17) is 9.26 Å². The van der Waals surface area contributed by atoms with Gasteiger partial charge in [0, 0.05) is 19.9 Å². The topological polar surface area (TPSA) is 68.5 Å². The highest BCUT2D eigenvalue weighted by Gasteiger charge is 2.33. The maximum Gasteiger partial charge on any atom is 0.227 e. The zero-order valence-corrected chi connectivity index (χ0v) is 13.1. The molecule has 2 aromatic rings. The second-order valence-corrected chi connectivity index (χ2v) is 6.13. The second-order valence-electron chi connectivity index (χ2n) is 6.13. The van der Waals surface area contributed by atoms with E-state index >= 15 is 0 Å². The number of likely N-dealkylation sites (tertiary alicyclic amines) is 1. The lowest BCUT2D eigenvalue weighted by Crippen LogP contribution is -2.32. The third-order valence-corrected chi connectivity index (χ3v) is 4.52. The minimum atomic E-state index is -0.0577. The summed E-state index contributed by atoms with van der Waals surface area (Å²) in [5.41, 5.74) is 2.23. The molecule has 1 aromatic carbocycles. The van der Waals surface area contributed by atoms with E-state index in [9.17, 15) is 4.79 Å². The molecule has 23 heavy (non-hydrogen) atoms. The monoisotopic (exact) mass is 313 g/mol. The van der Waals surface area contributed by atoms with E-state index in [1.54, 1.807) is 6.92 Å². The smallest absolute Gasteiger partial charge is 0.227 e. The van der Waals surface area contributed by atoms with Gasteiger partial charge in [0.1, 0.15) is 5.75 Å². The Kier molecular flexibility index (Phi) is 3.52. The summed E-state index contributed by atoms with van der Waals surface area (Å²) in [6.45, 7) is 3.26. The molecule has 6 nitrogen and oxygen atoms in total. The summed E-state index contributed by atoms with van der Waals surface area (Å²) in [5.74, 6) is 2.23. The standard InChI is InChI=1S/C17H19N3O3/c1-11-18-17(19-23-11)14-3-2-7-20(14)16(21)10-12-4-5-15-13(9-12)6-8-22-15/h4-5,9,14H,2-3,6-8,10H2,1H3/t14-/m1/s1. The molecule has 0 spiro atoms. The van der Waals surface area contributed by atoms with Crippen molar-refractivity contribution in [3.05, 3.63) is 41.0 Å². The maximum absolute atomic E-state index is 12.7. The van der Waals surface area contributed by atoms with Gasteiger partial charge in [-0.05, 0) is 30.0 Å². The average molecular weight is 313 g/mol. The van der Waals surface area contributed by atoms with Crippen LogP contribution in [0, 0.1) is 6.92 Å². The average Bonchev–Trinajstić information content (AvgIpc) is 3.26. The van der Waals surface area contributed by atoms with Gasteiger partial charge >= 0.3 is 0 Å². The Bertz CT molecular complexity index is 740. The molecule has 1 amide bonds. The lowest BCUT2D eigenvalue weighted by atomic mass is 10.1. The van der Waals surface area contributed by atoms with Crippen molar-refractivity contribution in [1.82, 2.24) is 15.0 Å². The third-order valence-electron chi connectivity index (χ3n) is 4.52. The van der Waals surface area contributed by atoms with Gasteiger partial charge in [-0.15, -0.1) is 0 Å². The third kappa shape index (κ3) is 2.69. The molecule has 4 rings (SSSR count). The van der Waals surface area contributed by atoms with E-state index < -0.39 is 0 Å². The van der Waals surface area contributed by atoms with Gasteiger partial charge in [0.2, 0.25) is 11.8 Å². The molecule has 2 aliphatic heterocycles. The quantitative estimate of drug-likeness (QED) is 0.869. The van der Waals surface area contributed by atoms with E-state index in [-0.39, 0.29) is 11.9 Å². The summed E-state index contributed by atoms with van der Waals surface area (Å²) >= 11 is 0. The summed E-state index contributed by atoms with van der Waals surface area (Å²) in [6.07, 6.45) is 3.19. The van der Waals surface area contributed by atoms with Gasteiger partial charge in [0.15, 0.2) is 5.82 Å². The van der Waals surface area contributed by atoms with Gasteiger partial charge < -0.3 is 14.2 Å². The summed E-state index contributed by atoms with van der Waals surface area (Å²) in [6, 6.07) is 5.97.